The molecule has 0 spiro atoms. The topological polar surface area (TPSA) is 28.4 Å². The van der Waals surface area contributed by atoms with E-state index in [4.69, 9.17) is 4.42 Å². The average molecular weight is 667 g/mol. The Kier molecular flexibility index (Phi) is 7.21. The molecule has 0 fully saturated rings. The largest absolute Gasteiger partial charge is 0.456 e. The van der Waals surface area contributed by atoms with Gasteiger partial charge < -0.3 is 14.6 Å². The van der Waals surface area contributed by atoms with Gasteiger partial charge in [0.2, 0.25) is 0 Å². The molecule has 0 aliphatic carbocycles. The Balaban J connectivity index is 1.10. The number of hydrogen-bond acceptors (Lipinski definition) is 3. The van der Waals surface area contributed by atoms with Crippen molar-refractivity contribution < 1.29 is 4.42 Å². The molecule has 0 saturated carbocycles. The smallest absolute Gasteiger partial charge is 0.136 e. The fourth-order valence-corrected chi connectivity index (χ4v) is 7.80. The molecule has 2 heterocycles. The number of furan rings is 1. The first-order valence-electron chi connectivity index (χ1n) is 17.8. The maximum atomic E-state index is 6.40. The molecule has 52 heavy (non-hydrogen) atoms. The summed E-state index contributed by atoms with van der Waals surface area (Å²) in [6.07, 6.45) is 2.29. The van der Waals surface area contributed by atoms with Crippen molar-refractivity contribution in [3.05, 3.63) is 194 Å². The van der Waals surface area contributed by atoms with Gasteiger partial charge in [-0.2, -0.15) is 0 Å². The van der Waals surface area contributed by atoms with Crippen molar-refractivity contribution >= 4 is 55.5 Å². The van der Waals surface area contributed by atoms with Crippen molar-refractivity contribution in [3.8, 4) is 33.4 Å². The number of fused-ring (bicyclic) bond motifs is 5. The summed E-state index contributed by atoms with van der Waals surface area (Å²) in [4.78, 5) is 2.38. The fraction of sp³-hybridized carbons (Fsp3) is 0.0204. The quantitative estimate of drug-likeness (QED) is 0.191. The van der Waals surface area contributed by atoms with Crippen LogP contribution in [0, 0.1) is 0 Å². The summed E-state index contributed by atoms with van der Waals surface area (Å²) in [5.74, 6) is 0. The number of nitrogens with one attached hydrogen (secondary N) is 1. The Bertz CT molecular complexity index is 2770. The standard InChI is InChI=1S/C49H34N2O/c1-2-11-33(12-3-1)39-16-6-7-17-41(39)35-21-25-37(26-22-35)51(38-27-23-36(24-28-38)42-19-10-14-34-13-4-5-15-40(34)42)47-29-30-50-46-31-44-43-18-8-9-20-48(43)52-49(44)32-45(46)47/h1-29,31-32,50H,30H2. The molecule has 1 aliphatic rings. The summed E-state index contributed by atoms with van der Waals surface area (Å²) in [5, 5.41) is 8.40. The molecule has 0 atom stereocenters. The summed E-state index contributed by atoms with van der Waals surface area (Å²) in [6, 6.07) is 65.1. The molecule has 0 amide bonds. The predicted molar refractivity (Wildman–Crippen MR) is 219 cm³/mol. The number of para-hydroxylation sites is 1. The second kappa shape index (κ2) is 12.5. The third-order valence-electron chi connectivity index (χ3n) is 10.3. The lowest BCUT2D eigenvalue weighted by atomic mass is 9.94. The highest BCUT2D eigenvalue weighted by Crippen LogP contribution is 2.43. The van der Waals surface area contributed by atoms with Crippen LogP contribution in [0.5, 0.6) is 0 Å². The van der Waals surface area contributed by atoms with Gasteiger partial charge in [-0.05, 0) is 92.7 Å². The number of anilines is 3. The number of rotatable bonds is 6. The summed E-state index contributed by atoms with van der Waals surface area (Å²) in [6.45, 7) is 0.719. The summed E-state index contributed by atoms with van der Waals surface area (Å²) in [5.41, 5.74) is 14.5. The first kappa shape index (κ1) is 30.0. The molecule has 1 N–H and O–H groups in total. The van der Waals surface area contributed by atoms with Crippen LogP contribution in [0.15, 0.2) is 192 Å². The molecule has 3 heteroatoms. The van der Waals surface area contributed by atoms with Crippen LogP contribution in [-0.4, -0.2) is 6.54 Å². The van der Waals surface area contributed by atoms with Crippen molar-refractivity contribution in [2.24, 2.45) is 0 Å². The van der Waals surface area contributed by atoms with E-state index in [-0.39, 0.29) is 0 Å². The molecule has 0 radical (unpaired) electrons. The first-order valence-corrected chi connectivity index (χ1v) is 17.8. The predicted octanol–water partition coefficient (Wildman–Crippen LogP) is 13.3. The van der Waals surface area contributed by atoms with Gasteiger partial charge in [-0.25, -0.2) is 0 Å². The lowest BCUT2D eigenvalue weighted by Crippen LogP contribution is -2.20. The highest BCUT2D eigenvalue weighted by Gasteiger charge is 2.24. The lowest BCUT2D eigenvalue weighted by molar-refractivity contribution is 0.669. The van der Waals surface area contributed by atoms with Gasteiger partial charge in [-0.15, -0.1) is 0 Å². The van der Waals surface area contributed by atoms with E-state index in [2.05, 4.69) is 186 Å². The Morgan fingerprint density at radius 1 is 0.423 bits per heavy atom. The van der Waals surface area contributed by atoms with Crippen LogP contribution in [0.3, 0.4) is 0 Å². The van der Waals surface area contributed by atoms with Gasteiger partial charge in [0, 0.05) is 39.9 Å². The van der Waals surface area contributed by atoms with Crippen LogP contribution < -0.4 is 10.2 Å². The van der Waals surface area contributed by atoms with Crippen LogP contribution in [0.1, 0.15) is 5.56 Å². The Morgan fingerprint density at radius 2 is 1.00 bits per heavy atom. The van der Waals surface area contributed by atoms with Crippen molar-refractivity contribution in [2.75, 3.05) is 16.8 Å². The third kappa shape index (κ3) is 5.14. The van der Waals surface area contributed by atoms with Gasteiger partial charge in [-0.1, -0.05) is 140 Å². The van der Waals surface area contributed by atoms with Crippen LogP contribution in [0.4, 0.5) is 17.1 Å². The zero-order chi connectivity index (χ0) is 34.4. The van der Waals surface area contributed by atoms with Gasteiger partial charge in [-0.3, -0.25) is 0 Å². The second-order valence-corrected chi connectivity index (χ2v) is 13.3. The molecule has 9 aromatic rings. The van der Waals surface area contributed by atoms with Crippen LogP contribution in [-0.2, 0) is 0 Å². The maximum Gasteiger partial charge on any atom is 0.136 e. The highest BCUT2D eigenvalue weighted by atomic mass is 16.3. The SMILES string of the molecule is C1=C(N(c2ccc(-c3ccccc3-c3ccccc3)cc2)c2ccc(-c3cccc4ccccc34)cc2)c2cc3oc4ccccc4c3cc2NC1. The minimum Gasteiger partial charge on any atom is -0.456 e. The lowest BCUT2D eigenvalue weighted by Gasteiger charge is -2.32. The van der Waals surface area contributed by atoms with E-state index in [1.54, 1.807) is 0 Å². The minimum atomic E-state index is 0.719. The van der Waals surface area contributed by atoms with E-state index < -0.39 is 0 Å². The highest BCUT2D eigenvalue weighted by molar-refractivity contribution is 6.09. The van der Waals surface area contributed by atoms with Crippen LogP contribution >= 0.6 is 0 Å². The molecular weight excluding hydrogens is 633 g/mol. The van der Waals surface area contributed by atoms with Crippen molar-refractivity contribution in [3.63, 3.8) is 0 Å². The summed E-state index contributed by atoms with van der Waals surface area (Å²) in [7, 11) is 0. The van der Waals surface area contributed by atoms with E-state index in [1.807, 2.05) is 12.1 Å². The zero-order valence-corrected chi connectivity index (χ0v) is 28.5. The van der Waals surface area contributed by atoms with E-state index in [0.29, 0.717) is 0 Å². The monoisotopic (exact) mass is 666 g/mol. The first-order chi connectivity index (χ1) is 25.8. The molecule has 8 aromatic carbocycles. The third-order valence-corrected chi connectivity index (χ3v) is 10.3. The Hall–Kier alpha value is -6.84. The van der Waals surface area contributed by atoms with Crippen molar-refractivity contribution in [2.45, 2.75) is 0 Å². The molecule has 0 unspecified atom stereocenters. The molecule has 0 saturated heterocycles. The molecule has 3 nitrogen and oxygen atoms in total. The maximum absolute atomic E-state index is 6.40. The van der Waals surface area contributed by atoms with Crippen molar-refractivity contribution in [1.29, 1.82) is 0 Å². The number of benzene rings is 8. The van der Waals surface area contributed by atoms with E-state index in [0.717, 1.165) is 56.8 Å². The molecule has 0 bridgehead atoms. The number of nitrogens with zero attached hydrogens (tertiary/aromatic N) is 1. The molecule has 1 aliphatic heterocycles. The number of hydrogen-bond donors (Lipinski definition) is 1. The van der Waals surface area contributed by atoms with Gasteiger partial charge in [0.05, 0.1) is 5.70 Å². The van der Waals surface area contributed by atoms with E-state index in [9.17, 15) is 0 Å². The molecular formula is C49H34N2O. The average Bonchev–Trinajstić information content (AvgIpc) is 3.58. The van der Waals surface area contributed by atoms with Gasteiger partial charge in [0.15, 0.2) is 0 Å². The molecule has 246 valence electrons. The van der Waals surface area contributed by atoms with Crippen LogP contribution in [0.2, 0.25) is 0 Å². The van der Waals surface area contributed by atoms with Crippen LogP contribution in [0.25, 0.3) is 71.8 Å². The minimum absolute atomic E-state index is 0.719. The Labute approximate surface area is 302 Å². The van der Waals surface area contributed by atoms with Gasteiger partial charge >= 0.3 is 0 Å². The Morgan fingerprint density at radius 3 is 1.75 bits per heavy atom. The van der Waals surface area contributed by atoms with E-state index in [1.165, 1.54) is 44.2 Å². The summed E-state index contributed by atoms with van der Waals surface area (Å²) >= 11 is 0. The second-order valence-electron chi connectivity index (χ2n) is 13.3. The summed E-state index contributed by atoms with van der Waals surface area (Å²) < 4.78 is 6.40. The van der Waals surface area contributed by atoms with E-state index >= 15 is 0 Å². The van der Waals surface area contributed by atoms with Crippen molar-refractivity contribution in [1.82, 2.24) is 0 Å². The normalized spacial score (nSPS) is 12.4. The fourth-order valence-electron chi connectivity index (χ4n) is 7.80. The zero-order valence-electron chi connectivity index (χ0n) is 28.5. The van der Waals surface area contributed by atoms with Gasteiger partial charge in [0.1, 0.15) is 11.2 Å². The molecule has 1 aromatic heterocycles. The van der Waals surface area contributed by atoms with Gasteiger partial charge in [0.25, 0.3) is 0 Å². The molecule has 10 rings (SSSR count).